The number of nitrogens with one attached hydrogen (secondary N) is 2. The highest BCUT2D eigenvalue weighted by Crippen LogP contribution is 2.20. The van der Waals surface area contributed by atoms with Crippen LogP contribution in [0.15, 0.2) is 24.3 Å². The van der Waals surface area contributed by atoms with Gasteiger partial charge in [-0.15, -0.1) is 12.4 Å². The van der Waals surface area contributed by atoms with Gasteiger partial charge < -0.3 is 16.4 Å². The first kappa shape index (κ1) is 21.5. The summed E-state index contributed by atoms with van der Waals surface area (Å²) >= 11 is 0. The molecule has 5 nitrogen and oxygen atoms in total. The molecule has 2 rings (SSSR count). The number of hydrogen-bond acceptors (Lipinski definition) is 3. The molecule has 0 unspecified atom stereocenters. The Kier molecular flexibility index (Phi) is 7.90. The second-order valence-corrected chi connectivity index (χ2v) is 7.72. The van der Waals surface area contributed by atoms with E-state index in [1.165, 1.54) is 19.3 Å². The summed E-state index contributed by atoms with van der Waals surface area (Å²) in [7, 11) is 0. The molecule has 1 aromatic carbocycles. The SMILES string of the molecule is CC(C)(C)[C@H](N)C(=O)Nc1ccc(C(=O)NC2CCCCC2)cc1.Cl. The Balaban J connectivity index is 0.00000312. The molecule has 0 bridgehead atoms. The predicted molar refractivity (Wildman–Crippen MR) is 104 cm³/mol. The maximum absolute atomic E-state index is 12.3. The van der Waals surface area contributed by atoms with Crippen molar-refractivity contribution in [1.82, 2.24) is 5.32 Å². The van der Waals surface area contributed by atoms with E-state index in [9.17, 15) is 9.59 Å². The highest BCUT2D eigenvalue weighted by molar-refractivity contribution is 5.97. The topological polar surface area (TPSA) is 84.2 Å². The van der Waals surface area contributed by atoms with Crippen molar-refractivity contribution in [1.29, 1.82) is 0 Å². The number of nitrogens with two attached hydrogens (primary N) is 1. The van der Waals surface area contributed by atoms with E-state index >= 15 is 0 Å². The zero-order valence-corrected chi connectivity index (χ0v) is 16.1. The van der Waals surface area contributed by atoms with Crippen LogP contribution in [0.1, 0.15) is 63.2 Å². The van der Waals surface area contributed by atoms with E-state index in [4.69, 9.17) is 5.73 Å². The second-order valence-electron chi connectivity index (χ2n) is 7.72. The van der Waals surface area contributed by atoms with Gasteiger partial charge in [0.15, 0.2) is 0 Å². The first-order valence-electron chi connectivity index (χ1n) is 8.75. The molecule has 0 radical (unpaired) electrons. The van der Waals surface area contributed by atoms with Crippen molar-refractivity contribution in [2.24, 2.45) is 11.1 Å². The lowest BCUT2D eigenvalue weighted by Gasteiger charge is -2.25. The van der Waals surface area contributed by atoms with Crippen molar-refractivity contribution in [2.45, 2.75) is 65.0 Å². The number of benzene rings is 1. The van der Waals surface area contributed by atoms with Gasteiger partial charge in [-0.2, -0.15) is 0 Å². The van der Waals surface area contributed by atoms with E-state index in [0.717, 1.165) is 12.8 Å². The molecule has 0 saturated heterocycles. The minimum Gasteiger partial charge on any atom is -0.349 e. The molecular weight excluding hydrogens is 338 g/mol. The Morgan fingerprint density at radius 3 is 2.16 bits per heavy atom. The second kappa shape index (κ2) is 9.20. The number of hydrogen-bond donors (Lipinski definition) is 3. The minimum atomic E-state index is -0.591. The Labute approximate surface area is 156 Å². The van der Waals surface area contributed by atoms with E-state index in [1.54, 1.807) is 24.3 Å². The Hall–Kier alpha value is -1.59. The number of halogens is 1. The fourth-order valence-electron chi connectivity index (χ4n) is 2.83. The molecule has 1 aromatic rings. The zero-order chi connectivity index (χ0) is 17.7. The molecule has 140 valence electrons. The lowest BCUT2D eigenvalue weighted by molar-refractivity contribution is -0.119. The van der Waals surface area contributed by atoms with E-state index < -0.39 is 6.04 Å². The summed E-state index contributed by atoms with van der Waals surface area (Å²) in [4.78, 5) is 24.4. The van der Waals surface area contributed by atoms with E-state index in [1.807, 2.05) is 20.8 Å². The van der Waals surface area contributed by atoms with E-state index in [0.29, 0.717) is 11.3 Å². The maximum Gasteiger partial charge on any atom is 0.251 e. The van der Waals surface area contributed by atoms with Crippen LogP contribution in [0.2, 0.25) is 0 Å². The first-order valence-corrected chi connectivity index (χ1v) is 8.75. The van der Waals surface area contributed by atoms with Gasteiger partial charge in [-0.1, -0.05) is 40.0 Å². The molecule has 1 fully saturated rings. The highest BCUT2D eigenvalue weighted by atomic mass is 35.5. The third-order valence-electron chi connectivity index (χ3n) is 4.57. The summed E-state index contributed by atoms with van der Waals surface area (Å²) in [5.74, 6) is -0.270. The van der Waals surface area contributed by atoms with Crippen LogP contribution < -0.4 is 16.4 Å². The Morgan fingerprint density at radius 2 is 1.64 bits per heavy atom. The summed E-state index contributed by atoms with van der Waals surface area (Å²) in [5, 5.41) is 5.89. The van der Waals surface area contributed by atoms with Crippen LogP contribution >= 0.6 is 12.4 Å². The van der Waals surface area contributed by atoms with Gasteiger partial charge >= 0.3 is 0 Å². The number of carbonyl (C=O) groups excluding carboxylic acids is 2. The van der Waals surface area contributed by atoms with Crippen LogP contribution in [-0.4, -0.2) is 23.9 Å². The molecule has 0 aromatic heterocycles. The lowest BCUT2D eigenvalue weighted by atomic mass is 9.87. The summed E-state index contributed by atoms with van der Waals surface area (Å²) in [6, 6.07) is 6.64. The van der Waals surface area contributed by atoms with Gasteiger partial charge in [0.25, 0.3) is 5.91 Å². The molecule has 25 heavy (non-hydrogen) atoms. The average Bonchev–Trinajstić information content (AvgIpc) is 2.54. The van der Waals surface area contributed by atoms with Crippen molar-refractivity contribution in [3.05, 3.63) is 29.8 Å². The fraction of sp³-hybridized carbons (Fsp3) is 0.579. The minimum absolute atomic E-state index is 0. The fourth-order valence-corrected chi connectivity index (χ4v) is 2.83. The van der Waals surface area contributed by atoms with Crippen molar-refractivity contribution in [3.8, 4) is 0 Å². The van der Waals surface area contributed by atoms with Gasteiger partial charge in [0.05, 0.1) is 6.04 Å². The highest BCUT2D eigenvalue weighted by Gasteiger charge is 2.27. The number of carbonyl (C=O) groups is 2. The standard InChI is InChI=1S/C19H29N3O2.ClH/c1-19(2,3)16(20)18(24)22-15-11-9-13(10-12-15)17(23)21-14-7-5-4-6-8-14;/h9-12,14,16H,4-8,20H2,1-3H3,(H,21,23)(H,22,24);1H/t16-;/m1./s1. The third kappa shape index (κ3) is 6.33. The predicted octanol–water partition coefficient (Wildman–Crippen LogP) is 3.48. The molecule has 0 heterocycles. The number of amides is 2. The van der Waals surface area contributed by atoms with Gasteiger partial charge in [-0.25, -0.2) is 0 Å². The van der Waals surface area contributed by atoms with Crippen molar-refractivity contribution < 1.29 is 9.59 Å². The molecule has 0 aliphatic heterocycles. The van der Waals surface area contributed by atoms with Gasteiger partial charge in [-0.05, 0) is 42.5 Å². The van der Waals surface area contributed by atoms with E-state index in [2.05, 4.69) is 10.6 Å². The molecule has 1 saturated carbocycles. The van der Waals surface area contributed by atoms with Gasteiger partial charge in [0, 0.05) is 17.3 Å². The summed E-state index contributed by atoms with van der Waals surface area (Å²) in [6.07, 6.45) is 5.75. The lowest BCUT2D eigenvalue weighted by Crippen LogP contribution is -2.45. The summed E-state index contributed by atoms with van der Waals surface area (Å²) in [5.41, 5.74) is 6.90. The van der Waals surface area contributed by atoms with Crippen LogP contribution in [0.25, 0.3) is 0 Å². The van der Waals surface area contributed by atoms with Crippen LogP contribution in [0.5, 0.6) is 0 Å². The van der Waals surface area contributed by atoms with E-state index in [-0.39, 0.29) is 35.7 Å². The van der Waals surface area contributed by atoms with Crippen LogP contribution in [0, 0.1) is 5.41 Å². The van der Waals surface area contributed by atoms with Crippen LogP contribution in [0.3, 0.4) is 0 Å². The van der Waals surface area contributed by atoms with Crippen molar-refractivity contribution >= 4 is 29.9 Å². The average molecular weight is 368 g/mol. The normalized spacial score (nSPS) is 16.5. The smallest absolute Gasteiger partial charge is 0.251 e. The zero-order valence-electron chi connectivity index (χ0n) is 15.3. The largest absolute Gasteiger partial charge is 0.349 e. The maximum atomic E-state index is 12.3. The van der Waals surface area contributed by atoms with Gasteiger partial charge in [-0.3, -0.25) is 9.59 Å². The third-order valence-corrected chi connectivity index (χ3v) is 4.57. The van der Waals surface area contributed by atoms with Crippen molar-refractivity contribution in [2.75, 3.05) is 5.32 Å². The molecule has 1 aliphatic carbocycles. The summed E-state index contributed by atoms with van der Waals surface area (Å²) < 4.78 is 0. The summed E-state index contributed by atoms with van der Waals surface area (Å²) in [6.45, 7) is 5.78. The van der Waals surface area contributed by atoms with Crippen molar-refractivity contribution in [3.63, 3.8) is 0 Å². The monoisotopic (exact) mass is 367 g/mol. The van der Waals surface area contributed by atoms with Gasteiger partial charge in [0.1, 0.15) is 0 Å². The molecule has 1 atom stereocenters. The Bertz CT molecular complexity index is 575. The molecule has 2 amide bonds. The number of rotatable bonds is 4. The molecule has 1 aliphatic rings. The number of anilines is 1. The Morgan fingerprint density at radius 1 is 1.08 bits per heavy atom. The van der Waals surface area contributed by atoms with Crippen LogP contribution in [0.4, 0.5) is 5.69 Å². The molecular formula is C19H30ClN3O2. The van der Waals surface area contributed by atoms with Gasteiger partial charge in [0.2, 0.25) is 5.91 Å². The molecule has 4 N–H and O–H groups in total. The molecule has 0 spiro atoms. The quantitative estimate of drug-likeness (QED) is 0.761. The molecule has 6 heteroatoms. The first-order chi connectivity index (χ1) is 11.3. The van der Waals surface area contributed by atoms with Crippen LogP contribution in [-0.2, 0) is 4.79 Å².